The lowest BCUT2D eigenvalue weighted by Gasteiger charge is -2.35. The van der Waals surface area contributed by atoms with Crippen LogP contribution in [-0.2, 0) is 28.2 Å². The van der Waals surface area contributed by atoms with E-state index >= 15 is 0 Å². The van der Waals surface area contributed by atoms with E-state index in [9.17, 15) is 4.79 Å². The highest BCUT2D eigenvalue weighted by Gasteiger charge is 2.52. The molecule has 5 heteroatoms. The summed E-state index contributed by atoms with van der Waals surface area (Å²) in [4.78, 5) is 15.0. The number of rotatable bonds is 6. The van der Waals surface area contributed by atoms with Gasteiger partial charge in [0.05, 0.1) is 19.3 Å². The molecule has 1 fully saturated rings. The molecule has 4 rings (SSSR count). The Balaban J connectivity index is 1.61. The molecule has 148 valence electrons. The summed E-state index contributed by atoms with van der Waals surface area (Å²) in [7, 11) is 1.69. The van der Waals surface area contributed by atoms with E-state index < -0.39 is 6.10 Å². The Bertz CT molecular complexity index is 853. The molecule has 0 saturated carbocycles. The molecule has 2 atom stereocenters. The summed E-state index contributed by atoms with van der Waals surface area (Å²) in [6.45, 7) is 4.94. The van der Waals surface area contributed by atoms with E-state index in [4.69, 9.17) is 9.47 Å². The molecule has 1 spiro atoms. The molecule has 2 aromatic rings. The first-order chi connectivity index (χ1) is 13.7. The van der Waals surface area contributed by atoms with Gasteiger partial charge >= 0.3 is 0 Å². The van der Waals surface area contributed by atoms with Gasteiger partial charge in [0, 0.05) is 26.1 Å². The Labute approximate surface area is 166 Å². The predicted molar refractivity (Wildman–Crippen MR) is 108 cm³/mol. The van der Waals surface area contributed by atoms with Crippen molar-refractivity contribution >= 4 is 5.91 Å². The van der Waals surface area contributed by atoms with Gasteiger partial charge in [-0.05, 0) is 35.2 Å². The first-order valence-corrected chi connectivity index (χ1v) is 10.0. The number of nitrogens with one attached hydrogen (secondary N) is 1. The number of fused-ring (bicyclic) bond motifs is 2. The average Bonchev–Trinajstić information content (AvgIpc) is 3.30. The fourth-order valence-electron chi connectivity index (χ4n) is 4.44. The van der Waals surface area contributed by atoms with Crippen LogP contribution in [0.2, 0.25) is 0 Å². The first kappa shape index (κ1) is 19.0. The second-order valence-corrected chi connectivity index (χ2v) is 7.69. The van der Waals surface area contributed by atoms with Crippen molar-refractivity contribution in [3.63, 3.8) is 0 Å². The van der Waals surface area contributed by atoms with Gasteiger partial charge in [0.25, 0.3) is 0 Å². The van der Waals surface area contributed by atoms with E-state index in [-0.39, 0.29) is 11.4 Å². The fraction of sp³-hybridized carbons (Fsp3) is 0.435. The number of ether oxygens (including phenoxy) is 2. The summed E-state index contributed by atoms with van der Waals surface area (Å²) >= 11 is 0. The Hall–Kier alpha value is -2.37. The van der Waals surface area contributed by atoms with E-state index in [0.29, 0.717) is 19.6 Å². The van der Waals surface area contributed by atoms with Crippen LogP contribution in [0.15, 0.2) is 48.5 Å². The second-order valence-electron chi connectivity index (χ2n) is 7.69. The molecule has 0 bridgehead atoms. The molecule has 0 unspecified atom stereocenters. The topological polar surface area (TPSA) is 50.8 Å². The van der Waals surface area contributed by atoms with Gasteiger partial charge in [-0.3, -0.25) is 9.69 Å². The third-order valence-corrected chi connectivity index (χ3v) is 5.88. The van der Waals surface area contributed by atoms with E-state index in [1.165, 1.54) is 16.7 Å². The minimum Gasteiger partial charge on any atom is -0.497 e. The highest BCUT2D eigenvalue weighted by molar-refractivity contribution is 5.81. The molecular weight excluding hydrogens is 352 g/mol. The van der Waals surface area contributed by atoms with Crippen LogP contribution in [0.3, 0.4) is 0 Å². The van der Waals surface area contributed by atoms with E-state index in [1.54, 1.807) is 7.11 Å². The maximum Gasteiger partial charge on any atom is 0.249 e. The molecule has 2 aliphatic heterocycles. The number of amides is 1. The lowest BCUT2D eigenvalue weighted by atomic mass is 9.86. The summed E-state index contributed by atoms with van der Waals surface area (Å²) in [5.41, 5.74) is 3.56. The normalized spacial score (nSPS) is 23.7. The lowest BCUT2D eigenvalue weighted by Crippen LogP contribution is -2.42. The highest BCUT2D eigenvalue weighted by Crippen LogP contribution is 2.47. The minimum atomic E-state index is -0.398. The number of methoxy groups -OCH3 is 1. The number of hydrogen-bond acceptors (Lipinski definition) is 4. The SMILES string of the molecule is CCCNC(=O)[C@@H]1C[C@]2(CO1)c1ccccc1CN2Cc1cccc(OC)c1. The van der Waals surface area contributed by atoms with Gasteiger partial charge in [-0.1, -0.05) is 43.3 Å². The summed E-state index contributed by atoms with van der Waals surface area (Å²) in [6.07, 6.45) is 1.21. The molecule has 0 aromatic heterocycles. The van der Waals surface area contributed by atoms with Crippen molar-refractivity contribution in [3.8, 4) is 5.75 Å². The largest absolute Gasteiger partial charge is 0.497 e. The van der Waals surface area contributed by atoms with Gasteiger partial charge in [0.2, 0.25) is 5.91 Å². The Morgan fingerprint density at radius 1 is 1.29 bits per heavy atom. The highest BCUT2D eigenvalue weighted by atomic mass is 16.5. The average molecular weight is 380 g/mol. The zero-order valence-corrected chi connectivity index (χ0v) is 16.6. The van der Waals surface area contributed by atoms with E-state index in [1.807, 2.05) is 12.1 Å². The summed E-state index contributed by atoms with van der Waals surface area (Å²) in [5, 5.41) is 2.99. The van der Waals surface area contributed by atoms with Crippen LogP contribution in [0.5, 0.6) is 5.75 Å². The minimum absolute atomic E-state index is 0.00411. The van der Waals surface area contributed by atoms with Gasteiger partial charge < -0.3 is 14.8 Å². The van der Waals surface area contributed by atoms with Crippen LogP contribution in [0.25, 0.3) is 0 Å². The molecule has 2 heterocycles. The van der Waals surface area contributed by atoms with Crippen LogP contribution in [0.4, 0.5) is 0 Å². The zero-order valence-electron chi connectivity index (χ0n) is 16.6. The fourth-order valence-corrected chi connectivity index (χ4v) is 4.44. The summed E-state index contributed by atoms with van der Waals surface area (Å²) < 4.78 is 11.4. The van der Waals surface area contributed by atoms with E-state index in [2.05, 4.69) is 53.5 Å². The number of benzene rings is 2. The summed E-state index contributed by atoms with van der Waals surface area (Å²) in [5.74, 6) is 0.868. The number of nitrogens with zero attached hydrogens (tertiary/aromatic N) is 1. The van der Waals surface area contributed by atoms with Crippen LogP contribution in [0, 0.1) is 0 Å². The molecule has 5 nitrogen and oxygen atoms in total. The van der Waals surface area contributed by atoms with Crippen molar-refractivity contribution in [1.82, 2.24) is 10.2 Å². The van der Waals surface area contributed by atoms with Crippen LogP contribution in [0.1, 0.15) is 36.5 Å². The molecule has 1 saturated heterocycles. The maximum atomic E-state index is 12.5. The maximum absolute atomic E-state index is 12.5. The van der Waals surface area contributed by atoms with Crippen molar-refractivity contribution < 1.29 is 14.3 Å². The van der Waals surface area contributed by atoms with Crippen LogP contribution >= 0.6 is 0 Å². The molecule has 1 amide bonds. The molecule has 28 heavy (non-hydrogen) atoms. The molecule has 2 aliphatic rings. The molecule has 0 radical (unpaired) electrons. The third-order valence-electron chi connectivity index (χ3n) is 5.88. The Morgan fingerprint density at radius 3 is 2.96 bits per heavy atom. The predicted octanol–water partition coefficient (Wildman–Crippen LogP) is 3.22. The van der Waals surface area contributed by atoms with Gasteiger partial charge in [-0.2, -0.15) is 0 Å². The Kier molecular flexibility index (Phi) is 5.38. The van der Waals surface area contributed by atoms with Gasteiger partial charge in [0.15, 0.2) is 0 Å². The standard InChI is InChI=1S/C23H28N2O3/c1-3-11-24-22(26)21-13-23(16-28-21)20-10-5-4-8-18(20)15-25(23)14-17-7-6-9-19(12-17)27-2/h4-10,12,21H,3,11,13-16H2,1-2H3,(H,24,26)/t21-,23-/m0/s1. The van der Waals surface area contributed by atoms with Gasteiger partial charge in [-0.15, -0.1) is 0 Å². The monoisotopic (exact) mass is 380 g/mol. The number of hydrogen-bond donors (Lipinski definition) is 1. The zero-order chi connectivity index (χ0) is 19.6. The van der Waals surface area contributed by atoms with Crippen molar-refractivity contribution in [2.45, 2.75) is 44.5 Å². The smallest absolute Gasteiger partial charge is 0.249 e. The molecule has 0 aliphatic carbocycles. The Morgan fingerprint density at radius 2 is 2.14 bits per heavy atom. The quantitative estimate of drug-likeness (QED) is 0.836. The van der Waals surface area contributed by atoms with Crippen LogP contribution in [-0.4, -0.2) is 37.2 Å². The van der Waals surface area contributed by atoms with Crippen LogP contribution < -0.4 is 10.1 Å². The number of carbonyl (C=O) groups excluding carboxylic acids is 1. The van der Waals surface area contributed by atoms with Crippen molar-refractivity contribution in [2.24, 2.45) is 0 Å². The van der Waals surface area contributed by atoms with Gasteiger partial charge in [-0.25, -0.2) is 0 Å². The lowest BCUT2D eigenvalue weighted by molar-refractivity contribution is -0.130. The summed E-state index contributed by atoms with van der Waals surface area (Å²) in [6, 6.07) is 16.7. The first-order valence-electron chi connectivity index (χ1n) is 10.0. The van der Waals surface area contributed by atoms with Crippen molar-refractivity contribution in [2.75, 3.05) is 20.3 Å². The number of carbonyl (C=O) groups is 1. The third kappa shape index (κ3) is 3.40. The van der Waals surface area contributed by atoms with Crippen molar-refractivity contribution in [1.29, 1.82) is 0 Å². The second kappa shape index (κ2) is 7.94. The van der Waals surface area contributed by atoms with E-state index in [0.717, 1.165) is 25.3 Å². The van der Waals surface area contributed by atoms with Crippen molar-refractivity contribution in [3.05, 3.63) is 65.2 Å². The molecule has 1 N–H and O–H groups in total. The van der Waals surface area contributed by atoms with Gasteiger partial charge in [0.1, 0.15) is 11.9 Å². The molecule has 2 aromatic carbocycles. The molecular formula is C23H28N2O3.